The van der Waals surface area contributed by atoms with Crippen molar-refractivity contribution in [2.45, 2.75) is 37.4 Å². The highest BCUT2D eigenvalue weighted by molar-refractivity contribution is 7.99. The monoisotopic (exact) mass is 374 g/mol. The summed E-state index contributed by atoms with van der Waals surface area (Å²) < 4.78 is 0. The first-order valence-corrected chi connectivity index (χ1v) is 11.3. The molecule has 0 spiro atoms. The number of anilines is 2. The van der Waals surface area contributed by atoms with Crippen LogP contribution in [-0.2, 0) is 6.42 Å². The highest BCUT2D eigenvalue weighted by Gasteiger charge is 2.22. The molecule has 0 bridgehead atoms. The number of hydrogen-bond acceptors (Lipinski definition) is 2. The minimum atomic E-state index is 0.790. The largest absolute Gasteiger partial charge is 0.366 e. The molecule has 1 aromatic heterocycles. The van der Waals surface area contributed by atoms with Gasteiger partial charge in [0.15, 0.2) is 0 Å². The smallest absolute Gasteiger partial charge is 0.0511 e. The van der Waals surface area contributed by atoms with Gasteiger partial charge in [0.1, 0.15) is 0 Å². The Morgan fingerprint density at radius 1 is 1.07 bits per heavy atom. The number of thioether (sulfide) groups is 1. The number of aryl methyl sites for hydroxylation is 1. The number of aromatic amines is 1. The zero-order valence-electron chi connectivity index (χ0n) is 15.9. The summed E-state index contributed by atoms with van der Waals surface area (Å²) in [5, 5.41) is 3.44. The summed E-state index contributed by atoms with van der Waals surface area (Å²) in [5.74, 6) is 0. The van der Waals surface area contributed by atoms with Gasteiger partial charge in [-0.25, -0.2) is 0 Å². The van der Waals surface area contributed by atoms with Crippen molar-refractivity contribution in [1.82, 2.24) is 4.98 Å². The van der Waals surface area contributed by atoms with Crippen molar-refractivity contribution >= 4 is 39.5 Å². The predicted octanol–water partition coefficient (Wildman–Crippen LogP) is 6.55. The predicted molar refractivity (Wildman–Crippen MR) is 119 cm³/mol. The summed E-state index contributed by atoms with van der Waals surface area (Å²) in [6.07, 6.45) is 15.1. The summed E-state index contributed by atoms with van der Waals surface area (Å²) in [6.45, 7) is 1.09. The van der Waals surface area contributed by atoms with Crippen LogP contribution in [0.15, 0.2) is 54.9 Å². The minimum Gasteiger partial charge on any atom is -0.366 e. The topological polar surface area (TPSA) is 19.0 Å². The van der Waals surface area contributed by atoms with E-state index in [0.29, 0.717) is 0 Å². The Hall–Kier alpha value is -2.13. The van der Waals surface area contributed by atoms with E-state index in [1.54, 1.807) is 0 Å². The number of hydrogen-bond donors (Lipinski definition) is 1. The van der Waals surface area contributed by atoms with Crippen LogP contribution in [-0.4, -0.2) is 23.0 Å². The molecule has 1 atom stereocenters. The van der Waals surface area contributed by atoms with Crippen LogP contribution in [0.5, 0.6) is 0 Å². The van der Waals surface area contributed by atoms with E-state index in [9.17, 15) is 0 Å². The molecule has 2 heterocycles. The lowest BCUT2D eigenvalue weighted by Gasteiger charge is -2.32. The molecular formula is C24H26N2S. The van der Waals surface area contributed by atoms with Crippen LogP contribution in [0.25, 0.3) is 16.3 Å². The Morgan fingerprint density at radius 3 is 2.85 bits per heavy atom. The van der Waals surface area contributed by atoms with E-state index < -0.39 is 0 Å². The number of para-hydroxylation sites is 1. The van der Waals surface area contributed by atoms with Crippen molar-refractivity contribution in [3.63, 3.8) is 0 Å². The van der Waals surface area contributed by atoms with E-state index in [0.717, 1.165) is 11.8 Å². The maximum absolute atomic E-state index is 3.34. The van der Waals surface area contributed by atoms with Gasteiger partial charge in [0.2, 0.25) is 0 Å². The molecule has 0 amide bonds. The lowest BCUT2D eigenvalue weighted by Crippen LogP contribution is -2.24. The number of nitrogens with one attached hydrogen (secondary N) is 1. The van der Waals surface area contributed by atoms with Crippen molar-refractivity contribution < 1.29 is 0 Å². The zero-order chi connectivity index (χ0) is 18.2. The van der Waals surface area contributed by atoms with Gasteiger partial charge in [-0.1, -0.05) is 24.3 Å². The van der Waals surface area contributed by atoms with Crippen LogP contribution in [0.4, 0.5) is 11.4 Å². The van der Waals surface area contributed by atoms with E-state index >= 15 is 0 Å². The fourth-order valence-electron chi connectivity index (χ4n) is 4.63. The van der Waals surface area contributed by atoms with Gasteiger partial charge in [0.25, 0.3) is 0 Å². The molecule has 1 aliphatic heterocycles. The van der Waals surface area contributed by atoms with Gasteiger partial charge in [0.05, 0.1) is 5.69 Å². The highest BCUT2D eigenvalue weighted by atomic mass is 32.2. The average Bonchev–Trinajstić information content (AvgIpc) is 3.21. The summed E-state index contributed by atoms with van der Waals surface area (Å²) >= 11 is 2.01. The van der Waals surface area contributed by atoms with E-state index in [-0.39, 0.29) is 0 Å². The van der Waals surface area contributed by atoms with Crippen molar-refractivity contribution in [3.8, 4) is 0 Å². The minimum absolute atomic E-state index is 0.790. The fraction of sp³-hybridized carbons (Fsp3) is 0.333. The molecule has 0 saturated carbocycles. The van der Waals surface area contributed by atoms with Gasteiger partial charge >= 0.3 is 0 Å². The van der Waals surface area contributed by atoms with Gasteiger partial charge < -0.3 is 9.88 Å². The second-order valence-corrected chi connectivity index (χ2v) is 8.84. The maximum Gasteiger partial charge on any atom is 0.0511 e. The van der Waals surface area contributed by atoms with Gasteiger partial charge in [-0.2, -0.15) is 11.8 Å². The summed E-state index contributed by atoms with van der Waals surface area (Å²) in [4.78, 5) is 5.87. The first-order chi connectivity index (χ1) is 13.3. The van der Waals surface area contributed by atoms with E-state index in [1.807, 2.05) is 11.8 Å². The number of benzene rings is 2. The third-order valence-electron chi connectivity index (χ3n) is 6.12. The molecule has 1 unspecified atom stereocenters. The lowest BCUT2D eigenvalue weighted by molar-refractivity contribution is 0.761. The van der Waals surface area contributed by atoms with Crippen molar-refractivity contribution in [2.75, 3.05) is 17.7 Å². The SMILES string of the molecule is CSC1CC=C(c2cc(N3CCCc4ccccc43)c3c[nH]cc3c2)CC1. The molecule has 2 aliphatic rings. The first kappa shape index (κ1) is 17.0. The Bertz CT molecular complexity index is 1000. The molecule has 1 N–H and O–H groups in total. The number of fused-ring (bicyclic) bond motifs is 2. The molecule has 0 fully saturated rings. The van der Waals surface area contributed by atoms with Crippen molar-refractivity contribution in [2.24, 2.45) is 0 Å². The number of H-pyrrole nitrogens is 1. The molecule has 27 heavy (non-hydrogen) atoms. The molecule has 5 rings (SSSR count). The fourth-order valence-corrected chi connectivity index (χ4v) is 5.27. The van der Waals surface area contributed by atoms with E-state index in [2.05, 4.69) is 71.0 Å². The van der Waals surface area contributed by atoms with Crippen LogP contribution in [0, 0.1) is 0 Å². The third-order valence-corrected chi connectivity index (χ3v) is 7.22. The van der Waals surface area contributed by atoms with Gasteiger partial charge in [-0.3, -0.25) is 0 Å². The third kappa shape index (κ3) is 3.08. The molecule has 3 heteroatoms. The van der Waals surface area contributed by atoms with E-state index in [4.69, 9.17) is 0 Å². The second-order valence-electron chi connectivity index (χ2n) is 7.70. The normalized spacial score (nSPS) is 19.8. The second kappa shape index (κ2) is 7.12. The van der Waals surface area contributed by atoms with Crippen LogP contribution in [0.2, 0.25) is 0 Å². The molecular weight excluding hydrogens is 348 g/mol. The average molecular weight is 375 g/mol. The standard InChI is InChI=1S/C24H26N2S/c1-27-21-10-8-17(9-11-21)19-13-20-15-25-16-22(20)24(14-19)26-12-4-6-18-5-2-3-7-23(18)26/h2-3,5,7-8,13-16,21,25H,4,6,9-12H2,1H3. The lowest BCUT2D eigenvalue weighted by atomic mass is 9.91. The van der Waals surface area contributed by atoms with E-state index in [1.165, 1.54) is 71.0 Å². The number of rotatable bonds is 3. The highest BCUT2D eigenvalue weighted by Crippen LogP contribution is 2.40. The molecule has 3 aromatic rings. The van der Waals surface area contributed by atoms with Crippen LogP contribution >= 0.6 is 11.8 Å². The summed E-state index contributed by atoms with van der Waals surface area (Å²) in [5.41, 5.74) is 7.12. The number of allylic oxidation sites excluding steroid dienone is 2. The number of aromatic nitrogens is 1. The molecule has 2 aromatic carbocycles. The maximum atomic E-state index is 3.34. The zero-order valence-corrected chi connectivity index (χ0v) is 16.7. The molecule has 0 saturated heterocycles. The summed E-state index contributed by atoms with van der Waals surface area (Å²) in [7, 11) is 0. The molecule has 0 radical (unpaired) electrons. The van der Waals surface area contributed by atoms with Gasteiger partial charge in [-0.05, 0) is 73.3 Å². The van der Waals surface area contributed by atoms with Crippen LogP contribution in [0.3, 0.4) is 0 Å². The van der Waals surface area contributed by atoms with Gasteiger partial charge in [0, 0.05) is 40.6 Å². The quantitative estimate of drug-likeness (QED) is 0.560. The molecule has 1 aliphatic carbocycles. The molecule has 2 nitrogen and oxygen atoms in total. The van der Waals surface area contributed by atoms with Crippen LogP contribution in [0.1, 0.15) is 36.8 Å². The summed E-state index contributed by atoms with van der Waals surface area (Å²) in [6, 6.07) is 13.7. The molecule has 138 valence electrons. The first-order valence-electron chi connectivity index (χ1n) is 10.0. The number of nitrogens with zero attached hydrogens (tertiary/aromatic N) is 1. The van der Waals surface area contributed by atoms with Crippen molar-refractivity contribution in [1.29, 1.82) is 0 Å². The Kier molecular flexibility index (Phi) is 4.48. The Labute approximate surface area is 165 Å². The Balaban J connectivity index is 1.61. The Morgan fingerprint density at radius 2 is 2.00 bits per heavy atom. The van der Waals surface area contributed by atoms with Crippen molar-refractivity contribution in [3.05, 3.63) is 66.0 Å². The van der Waals surface area contributed by atoms with Crippen LogP contribution < -0.4 is 4.90 Å². The van der Waals surface area contributed by atoms with Gasteiger partial charge in [-0.15, -0.1) is 0 Å².